The molecule has 15 heavy (non-hydrogen) atoms. The van der Waals surface area contributed by atoms with E-state index in [0.717, 1.165) is 6.07 Å². The first-order valence-electron chi connectivity index (χ1n) is 4.05. The fourth-order valence-corrected chi connectivity index (χ4v) is 1.15. The molecule has 1 rings (SSSR count). The van der Waals surface area contributed by atoms with Crippen LogP contribution in [0.4, 0.5) is 17.6 Å². The SMILES string of the molecule is Cc1ccc(F)c([C@@H](N)C(F)(F)F)c1O. The van der Waals surface area contributed by atoms with Gasteiger partial charge in [-0.1, -0.05) is 6.07 Å². The standard InChI is InChI=1S/C9H9F4NO/c1-4-2-3-5(10)6(7(4)15)8(14)9(11,12)13/h2-3,8,15H,14H2,1H3/t8-/m1/s1. The van der Waals surface area contributed by atoms with Gasteiger partial charge in [-0.15, -0.1) is 0 Å². The number of hydrogen-bond donors (Lipinski definition) is 2. The van der Waals surface area contributed by atoms with Gasteiger partial charge in [0.15, 0.2) is 0 Å². The minimum absolute atomic E-state index is 0.145. The van der Waals surface area contributed by atoms with Crippen molar-refractivity contribution in [3.8, 4) is 5.75 Å². The summed E-state index contributed by atoms with van der Waals surface area (Å²) in [5, 5.41) is 9.29. The van der Waals surface area contributed by atoms with E-state index in [9.17, 15) is 22.7 Å². The monoisotopic (exact) mass is 223 g/mol. The summed E-state index contributed by atoms with van der Waals surface area (Å²) in [6.07, 6.45) is -4.79. The van der Waals surface area contributed by atoms with Crippen LogP contribution in [0.1, 0.15) is 17.2 Å². The Morgan fingerprint density at radius 1 is 1.33 bits per heavy atom. The Kier molecular flexibility index (Phi) is 2.90. The molecular weight excluding hydrogens is 214 g/mol. The Bertz CT molecular complexity index is 375. The fourth-order valence-electron chi connectivity index (χ4n) is 1.15. The predicted octanol–water partition coefficient (Wildman–Crippen LogP) is 2.40. The van der Waals surface area contributed by atoms with Crippen LogP contribution in [-0.4, -0.2) is 11.3 Å². The van der Waals surface area contributed by atoms with Crippen molar-refractivity contribution in [3.05, 3.63) is 29.1 Å². The van der Waals surface area contributed by atoms with Gasteiger partial charge in [0.2, 0.25) is 0 Å². The van der Waals surface area contributed by atoms with E-state index in [-0.39, 0.29) is 5.56 Å². The number of alkyl halides is 3. The Morgan fingerprint density at radius 3 is 2.33 bits per heavy atom. The van der Waals surface area contributed by atoms with Crippen LogP contribution in [0.15, 0.2) is 12.1 Å². The molecule has 0 heterocycles. The van der Waals surface area contributed by atoms with Crippen LogP contribution in [0.2, 0.25) is 0 Å². The molecule has 1 aromatic carbocycles. The minimum Gasteiger partial charge on any atom is -0.507 e. The molecule has 0 aliphatic carbocycles. The lowest BCUT2D eigenvalue weighted by Gasteiger charge is -2.18. The molecule has 0 bridgehead atoms. The van der Waals surface area contributed by atoms with Crippen LogP contribution in [0.3, 0.4) is 0 Å². The zero-order valence-electron chi connectivity index (χ0n) is 7.77. The molecule has 84 valence electrons. The quantitative estimate of drug-likeness (QED) is 0.718. The summed E-state index contributed by atoms with van der Waals surface area (Å²) in [5.41, 5.74) is 4.05. The maximum absolute atomic E-state index is 13.1. The van der Waals surface area contributed by atoms with Crippen molar-refractivity contribution < 1.29 is 22.7 Å². The second-order valence-corrected chi connectivity index (χ2v) is 3.15. The number of nitrogens with two attached hydrogens (primary N) is 1. The van der Waals surface area contributed by atoms with Gasteiger partial charge in [0.1, 0.15) is 17.6 Å². The van der Waals surface area contributed by atoms with Crippen molar-refractivity contribution in [1.29, 1.82) is 0 Å². The largest absolute Gasteiger partial charge is 0.507 e. The summed E-state index contributed by atoms with van der Waals surface area (Å²) in [6, 6.07) is -0.495. The zero-order valence-corrected chi connectivity index (χ0v) is 7.77. The van der Waals surface area contributed by atoms with Crippen molar-refractivity contribution in [2.75, 3.05) is 0 Å². The molecule has 0 aliphatic rings. The summed E-state index contributed by atoms with van der Waals surface area (Å²) >= 11 is 0. The third-order valence-corrected chi connectivity index (χ3v) is 2.03. The summed E-state index contributed by atoms with van der Waals surface area (Å²) in [6.45, 7) is 1.36. The van der Waals surface area contributed by atoms with Crippen LogP contribution in [-0.2, 0) is 0 Å². The van der Waals surface area contributed by atoms with Crippen molar-refractivity contribution in [2.24, 2.45) is 5.73 Å². The van der Waals surface area contributed by atoms with E-state index in [1.54, 1.807) is 0 Å². The molecule has 0 saturated carbocycles. The van der Waals surface area contributed by atoms with Crippen molar-refractivity contribution >= 4 is 0 Å². The van der Waals surface area contributed by atoms with E-state index < -0.39 is 29.3 Å². The Hall–Kier alpha value is -1.30. The summed E-state index contributed by atoms with van der Waals surface area (Å²) in [4.78, 5) is 0. The molecule has 0 aliphatic heterocycles. The van der Waals surface area contributed by atoms with Crippen LogP contribution >= 0.6 is 0 Å². The van der Waals surface area contributed by atoms with Gasteiger partial charge in [-0.3, -0.25) is 0 Å². The number of hydrogen-bond acceptors (Lipinski definition) is 2. The highest BCUT2D eigenvalue weighted by molar-refractivity contribution is 5.42. The highest BCUT2D eigenvalue weighted by Gasteiger charge is 2.41. The first-order chi connectivity index (χ1) is 6.75. The summed E-state index contributed by atoms with van der Waals surface area (Å²) in [5.74, 6) is -1.91. The molecule has 0 radical (unpaired) electrons. The average molecular weight is 223 g/mol. The molecule has 0 unspecified atom stereocenters. The lowest BCUT2D eigenvalue weighted by atomic mass is 10.0. The number of rotatable bonds is 1. The van der Waals surface area contributed by atoms with Crippen LogP contribution < -0.4 is 5.73 Å². The van der Waals surface area contributed by atoms with E-state index in [2.05, 4.69) is 0 Å². The third kappa shape index (κ3) is 2.20. The first kappa shape index (κ1) is 11.8. The van der Waals surface area contributed by atoms with E-state index in [0.29, 0.717) is 0 Å². The van der Waals surface area contributed by atoms with Crippen molar-refractivity contribution in [1.82, 2.24) is 0 Å². The fraction of sp³-hybridized carbons (Fsp3) is 0.333. The van der Waals surface area contributed by atoms with Gasteiger partial charge in [-0.25, -0.2) is 4.39 Å². The molecule has 0 spiro atoms. The highest BCUT2D eigenvalue weighted by Crippen LogP contribution is 2.37. The number of benzene rings is 1. The Labute approximate surface area is 83.3 Å². The summed E-state index contributed by atoms with van der Waals surface area (Å²) in [7, 11) is 0. The van der Waals surface area contributed by atoms with Crippen molar-refractivity contribution in [3.63, 3.8) is 0 Å². The molecule has 2 nitrogen and oxygen atoms in total. The number of phenolic OH excluding ortho intramolecular Hbond substituents is 1. The van der Waals surface area contributed by atoms with Gasteiger partial charge >= 0.3 is 6.18 Å². The van der Waals surface area contributed by atoms with E-state index in [1.165, 1.54) is 13.0 Å². The van der Waals surface area contributed by atoms with E-state index >= 15 is 0 Å². The number of phenols is 1. The van der Waals surface area contributed by atoms with Gasteiger partial charge in [-0.2, -0.15) is 13.2 Å². The first-order valence-corrected chi connectivity index (χ1v) is 4.05. The maximum Gasteiger partial charge on any atom is 0.407 e. The second-order valence-electron chi connectivity index (χ2n) is 3.15. The second kappa shape index (κ2) is 3.69. The Balaban J connectivity index is 3.31. The smallest absolute Gasteiger partial charge is 0.407 e. The van der Waals surface area contributed by atoms with Gasteiger partial charge in [0.05, 0.1) is 5.56 Å². The number of aryl methyl sites for hydroxylation is 1. The molecule has 0 aromatic heterocycles. The van der Waals surface area contributed by atoms with E-state index in [4.69, 9.17) is 5.73 Å². The molecule has 0 saturated heterocycles. The average Bonchev–Trinajstić information content (AvgIpc) is 2.10. The minimum atomic E-state index is -4.79. The molecule has 1 atom stereocenters. The molecule has 1 aromatic rings. The lowest BCUT2D eigenvalue weighted by molar-refractivity contribution is -0.150. The van der Waals surface area contributed by atoms with Gasteiger partial charge in [0, 0.05) is 0 Å². The lowest BCUT2D eigenvalue weighted by Crippen LogP contribution is -2.29. The third-order valence-electron chi connectivity index (χ3n) is 2.03. The van der Waals surface area contributed by atoms with Gasteiger partial charge < -0.3 is 10.8 Å². The van der Waals surface area contributed by atoms with Gasteiger partial charge in [-0.05, 0) is 18.6 Å². The molecule has 0 fully saturated rings. The number of halogens is 4. The summed E-state index contributed by atoms with van der Waals surface area (Å²) < 4.78 is 49.7. The predicted molar refractivity (Wildman–Crippen MR) is 45.8 cm³/mol. The van der Waals surface area contributed by atoms with Crippen LogP contribution in [0.5, 0.6) is 5.75 Å². The highest BCUT2D eigenvalue weighted by atomic mass is 19.4. The molecule has 3 N–H and O–H groups in total. The van der Waals surface area contributed by atoms with Crippen LogP contribution in [0.25, 0.3) is 0 Å². The van der Waals surface area contributed by atoms with Crippen LogP contribution in [0, 0.1) is 12.7 Å². The maximum atomic E-state index is 13.1. The van der Waals surface area contributed by atoms with Crippen molar-refractivity contribution in [2.45, 2.75) is 19.1 Å². The normalized spacial score (nSPS) is 14.0. The zero-order chi connectivity index (χ0) is 11.8. The topological polar surface area (TPSA) is 46.2 Å². The Morgan fingerprint density at radius 2 is 1.87 bits per heavy atom. The molecular formula is C9H9F4NO. The number of aromatic hydroxyl groups is 1. The van der Waals surface area contributed by atoms with Gasteiger partial charge in [0.25, 0.3) is 0 Å². The molecule has 0 amide bonds. The van der Waals surface area contributed by atoms with E-state index in [1.807, 2.05) is 0 Å². The molecule has 6 heteroatoms.